The molecule has 0 bridgehead atoms. The van der Waals surface area contributed by atoms with E-state index in [9.17, 15) is 5.11 Å². The summed E-state index contributed by atoms with van der Waals surface area (Å²) in [7, 11) is 0. The summed E-state index contributed by atoms with van der Waals surface area (Å²) >= 11 is 4.54. The van der Waals surface area contributed by atoms with Gasteiger partial charge >= 0.3 is 29.6 Å². The maximum Gasteiger partial charge on any atom is 1.00 e. The van der Waals surface area contributed by atoms with E-state index in [1.807, 2.05) is 27.7 Å². The van der Waals surface area contributed by atoms with Crippen LogP contribution in [0.25, 0.3) is 0 Å². The van der Waals surface area contributed by atoms with Crippen LogP contribution in [-0.2, 0) is 0 Å². The first-order chi connectivity index (χ1) is 4.46. The van der Waals surface area contributed by atoms with E-state index in [4.69, 9.17) is 0 Å². The summed E-state index contributed by atoms with van der Waals surface area (Å²) in [6.07, 6.45) is 0. The topological polar surface area (TPSA) is 26.3 Å². The van der Waals surface area contributed by atoms with Crippen LogP contribution in [0, 0.1) is 0 Å². The maximum atomic E-state index is 10.8. The molecule has 0 spiro atoms. The molecule has 0 aromatic carbocycles. The van der Waals surface area contributed by atoms with Gasteiger partial charge in [-0.05, 0) is 27.7 Å². The first-order valence-corrected chi connectivity index (χ1v) is 3.87. The second kappa shape index (κ2) is 6.23. The SMILES string of the molecule is CC(C)N(C([O-])=S)C(C)C.[Na+]. The Hall–Kier alpha value is 0.690. The molecular formula is C7H14NNaOS. The van der Waals surface area contributed by atoms with Gasteiger partial charge in [-0.15, -0.1) is 0 Å². The van der Waals surface area contributed by atoms with Gasteiger partial charge in [0.25, 0.3) is 0 Å². The van der Waals surface area contributed by atoms with Crippen molar-refractivity contribution in [3.8, 4) is 0 Å². The van der Waals surface area contributed by atoms with Gasteiger partial charge in [-0.3, -0.25) is 0 Å². The van der Waals surface area contributed by atoms with Crippen molar-refractivity contribution in [2.75, 3.05) is 0 Å². The Morgan fingerprint density at radius 2 is 1.45 bits per heavy atom. The first kappa shape index (κ1) is 14.2. The third-order valence-corrected chi connectivity index (χ3v) is 1.53. The van der Waals surface area contributed by atoms with E-state index in [2.05, 4.69) is 12.2 Å². The summed E-state index contributed by atoms with van der Waals surface area (Å²) in [6.45, 7) is 7.85. The van der Waals surface area contributed by atoms with Crippen LogP contribution in [0.15, 0.2) is 0 Å². The maximum absolute atomic E-state index is 10.8. The molecular weight excluding hydrogens is 169 g/mol. The molecule has 0 aliphatic carbocycles. The first-order valence-electron chi connectivity index (χ1n) is 3.46. The minimum Gasteiger partial charge on any atom is -0.852 e. The van der Waals surface area contributed by atoms with E-state index in [0.717, 1.165) is 0 Å². The van der Waals surface area contributed by atoms with Crippen molar-refractivity contribution in [3.63, 3.8) is 0 Å². The molecule has 0 aromatic rings. The van der Waals surface area contributed by atoms with Crippen LogP contribution < -0.4 is 34.7 Å². The standard InChI is InChI=1S/C7H15NOS.Na/c1-5(2)8(6(3)4)7(9)10;/h5-6H,1-4H3,(H,9,10);/q;+1/p-1. The number of thiocarbonyl (C=S) groups is 1. The van der Waals surface area contributed by atoms with Gasteiger partial charge in [0, 0.05) is 17.3 Å². The van der Waals surface area contributed by atoms with Crippen LogP contribution in [0.4, 0.5) is 0 Å². The van der Waals surface area contributed by atoms with E-state index < -0.39 is 0 Å². The molecule has 0 unspecified atom stereocenters. The summed E-state index contributed by atoms with van der Waals surface area (Å²) in [4.78, 5) is 1.68. The van der Waals surface area contributed by atoms with Crippen molar-refractivity contribution in [3.05, 3.63) is 0 Å². The van der Waals surface area contributed by atoms with Crippen LogP contribution >= 0.6 is 12.2 Å². The predicted molar refractivity (Wildman–Crippen MR) is 44.7 cm³/mol. The molecule has 0 radical (unpaired) electrons. The molecule has 60 valence electrons. The minimum absolute atomic E-state index is 0. The van der Waals surface area contributed by atoms with E-state index in [1.54, 1.807) is 4.90 Å². The molecule has 0 saturated heterocycles. The summed E-state index contributed by atoms with van der Waals surface area (Å²) in [5.74, 6) is 0. The van der Waals surface area contributed by atoms with E-state index in [-0.39, 0.29) is 46.8 Å². The summed E-state index contributed by atoms with van der Waals surface area (Å²) < 4.78 is 0. The van der Waals surface area contributed by atoms with E-state index in [0.29, 0.717) is 0 Å². The molecule has 0 fully saturated rings. The Bertz CT molecular complexity index is 120. The molecule has 2 nitrogen and oxygen atoms in total. The van der Waals surface area contributed by atoms with Crippen LogP contribution in [0.1, 0.15) is 27.7 Å². The van der Waals surface area contributed by atoms with Gasteiger partial charge in [-0.25, -0.2) is 0 Å². The van der Waals surface area contributed by atoms with Crippen LogP contribution in [0.2, 0.25) is 0 Å². The van der Waals surface area contributed by atoms with Crippen molar-refractivity contribution in [1.29, 1.82) is 0 Å². The normalized spacial score (nSPS) is 9.64. The fraction of sp³-hybridized carbons (Fsp3) is 0.857. The molecule has 0 amide bonds. The molecule has 4 heteroatoms. The smallest absolute Gasteiger partial charge is 0.852 e. The van der Waals surface area contributed by atoms with Gasteiger partial charge in [-0.2, -0.15) is 0 Å². The molecule has 11 heavy (non-hydrogen) atoms. The van der Waals surface area contributed by atoms with Gasteiger partial charge in [0.05, 0.1) is 0 Å². The second-order valence-electron chi connectivity index (χ2n) is 2.86. The molecule has 0 aliphatic heterocycles. The minimum atomic E-state index is -0.259. The zero-order chi connectivity index (χ0) is 8.31. The molecule has 0 aromatic heterocycles. The number of hydrogen-bond acceptors (Lipinski definition) is 2. The van der Waals surface area contributed by atoms with E-state index >= 15 is 0 Å². The second-order valence-corrected chi connectivity index (χ2v) is 3.21. The summed E-state index contributed by atoms with van der Waals surface area (Å²) in [6, 6.07) is 0.426. The zero-order valence-electron chi connectivity index (χ0n) is 7.92. The van der Waals surface area contributed by atoms with Gasteiger partial charge in [0.15, 0.2) is 0 Å². The molecule has 0 atom stereocenters. The Morgan fingerprint density at radius 1 is 1.18 bits per heavy atom. The van der Waals surface area contributed by atoms with Crippen LogP contribution in [-0.4, -0.2) is 22.2 Å². The average Bonchev–Trinajstić information content (AvgIpc) is 1.59. The molecule has 0 saturated carbocycles. The fourth-order valence-corrected chi connectivity index (χ4v) is 1.44. The van der Waals surface area contributed by atoms with Crippen molar-refractivity contribution in [2.24, 2.45) is 0 Å². The Labute approximate surface area is 96.3 Å². The average molecular weight is 183 g/mol. The quantitative estimate of drug-likeness (QED) is 0.357. The van der Waals surface area contributed by atoms with Gasteiger partial charge in [-0.1, -0.05) is 12.2 Å². The molecule has 0 heterocycles. The van der Waals surface area contributed by atoms with E-state index in [1.165, 1.54) is 0 Å². The van der Waals surface area contributed by atoms with Crippen molar-refractivity contribution >= 4 is 17.4 Å². The van der Waals surface area contributed by atoms with Crippen LogP contribution in [0.3, 0.4) is 0 Å². The van der Waals surface area contributed by atoms with Gasteiger partial charge in [0.1, 0.15) is 0 Å². The van der Waals surface area contributed by atoms with Crippen molar-refractivity contribution < 1.29 is 34.7 Å². The Balaban J connectivity index is 0. The van der Waals surface area contributed by atoms with Gasteiger partial charge < -0.3 is 10.0 Å². The summed E-state index contributed by atoms with van der Waals surface area (Å²) in [5, 5.41) is 10.5. The molecule has 0 aliphatic rings. The molecule has 0 N–H and O–H groups in total. The number of nitrogens with zero attached hydrogens (tertiary/aromatic N) is 1. The third-order valence-electron chi connectivity index (χ3n) is 1.32. The Morgan fingerprint density at radius 3 is 1.45 bits per heavy atom. The Kier molecular flexibility index (Phi) is 8.06. The third kappa shape index (κ3) is 5.01. The van der Waals surface area contributed by atoms with Gasteiger partial charge in [0.2, 0.25) is 0 Å². The fourth-order valence-electron chi connectivity index (χ4n) is 1.02. The monoisotopic (exact) mass is 183 g/mol. The van der Waals surface area contributed by atoms with Crippen molar-refractivity contribution in [2.45, 2.75) is 39.8 Å². The molecule has 0 rings (SSSR count). The number of hydrogen-bond donors (Lipinski definition) is 0. The van der Waals surface area contributed by atoms with Crippen molar-refractivity contribution in [1.82, 2.24) is 4.90 Å². The van der Waals surface area contributed by atoms with Crippen LogP contribution in [0.5, 0.6) is 0 Å². The zero-order valence-corrected chi connectivity index (χ0v) is 10.7. The predicted octanol–water partition coefficient (Wildman–Crippen LogP) is -2.25. The summed E-state index contributed by atoms with van der Waals surface area (Å²) in [5.41, 5.74) is 0. The largest absolute Gasteiger partial charge is 1.00 e. The number of rotatable bonds is 2.